The Balaban J connectivity index is 1.63. The van der Waals surface area contributed by atoms with Crippen LogP contribution in [-0.4, -0.2) is 22.8 Å². The van der Waals surface area contributed by atoms with E-state index in [4.69, 9.17) is 11.6 Å². The first-order valence-electron chi connectivity index (χ1n) is 12.0. The first-order valence-corrected chi connectivity index (χ1v) is 12.4. The van der Waals surface area contributed by atoms with Crippen LogP contribution in [0.4, 0.5) is 0 Å². The molecule has 0 unspecified atom stereocenters. The molecule has 0 heterocycles. The second-order valence-corrected chi connectivity index (χ2v) is 9.16. The number of hydrogen-bond donors (Lipinski definition) is 1. The quantitative estimate of drug-likeness (QED) is 0.300. The first-order chi connectivity index (χ1) is 17.6. The molecule has 0 aliphatic rings. The molecule has 0 bridgehead atoms. The van der Waals surface area contributed by atoms with Gasteiger partial charge in [-0.25, -0.2) is 0 Å². The molecule has 0 saturated heterocycles. The summed E-state index contributed by atoms with van der Waals surface area (Å²) in [7, 11) is 0. The van der Waals surface area contributed by atoms with Crippen molar-refractivity contribution in [3.8, 4) is 0 Å². The van der Waals surface area contributed by atoms with Gasteiger partial charge in [0.15, 0.2) is 0 Å². The van der Waals surface area contributed by atoms with Gasteiger partial charge in [0, 0.05) is 24.5 Å². The lowest BCUT2D eigenvalue weighted by molar-refractivity contribution is -0.140. The van der Waals surface area contributed by atoms with E-state index in [1.54, 1.807) is 17.0 Å². The number of nitrogens with one attached hydrogen (secondary N) is 1. The van der Waals surface area contributed by atoms with Crippen LogP contribution in [0.2, 0.25) is 5.02 Å². The number of rotatable bonds is 10. The summed E-state index contributed by atoms with van der Waals surface area (Å²) in [5, 5.41) is 3.68. The molecule has 0 radical (unpaired) electrons. The highest BCUT2D eigenvalue weighted by atomic mass is 35.5. The topological polar surface area (TPSA) is 49.4 Å². The number of benzene rings is 4. The molecule has 1 N–H and O–H groups in total. The maximum Gasteiger partial charge on any atom is 0.243 e. The monoisotopic (exact) mass is 496 g/mol. The summed E-state index contributed by atoms with van der Waals surface area (Å²) in [6.07, 6.45) is 0.599. The molecule has 182 valence electrons. The fourth-order valence-corrected chi connectivity index (χ4v) is 4.24. The minimum absolute atomic E-state index is 0.114. The van der Waals surface area contributed by atoms with E-state index in [2.05, 4.69) is 5.32 Å². The largest absolute Gasteiger partial charge is 0.350 e. The zero-order valence-electron chi connectivity index (χ0n) is 20.0. The van der Waals surface area contributed by atoms with Crippen molar-refractivity contribution in [3.63, 3.8) is 0 Å². The van der Waals surface area contributed by atoms with E-state index in [1.165, 1.54) is 0 Å². The van der Waals surface area contributed by atoms with Gasteiger partial charge in [-0.05, 0) is 34.4 Å². The molecule has 0 saturated carbocycles. The first kappa shape index (κ1) is 25.2. The molecule has 0 aromatic heterocycles. The van der Waals surface area contributed by atoms with Crippen molar-refractivity contribution in [3.05, 3.63) is 143 Å². The highest BCUT2D eigenvalue weighted by Gasteiger charge is 2.30. The van der Waals surface area contributed by atoms with Crippen molar-refractivity contribution < 1.29 is 9.59 Å². The molecule has 0 fully saturated rings. The number of halogens is 1. The van der Waals surface area contributed by atoms with Gasteiger partial charge in [0.05, 0.1) is 6.42 Å². The molecule has 4 nitrogen and oxygen atoms in total. The van der Waals surface area contributed by atoms with Gasteiger partial charge in [-0.3, -0.25) is 9.59 Å². The summed E-state index contributed by atoms with van der Waals surface area (Å²) in [6.45, 7) is 0.735. The van der Waals surface area contributed by atoms with E-state index in [9.17, 15) is 9.59 Å². The second-order valence-electron chi connectivity index (χ2n) is 8.72. The Morgan fingerprint density at radius 3 is 1.78 bits per heavy atom. The number of carbonyl (C=O) groups is 2. The van der Waals surface area contributed by atoms with Crippen LogP contribution in [-0.2, 0) is 35.5 Å². The molecule has 36 heavy (non-hydrogen) atoms. The molecule has 5 heteroatoms. The lowest BCUT2D eigenvalue weighted by Crippen LogP contribution is -2.50. The maximum absolute atomic E-state index is 13.7. The van der Waals surface area contributed by atoms with Crippen LogP contribution in [0, 0.1) is 0 Å². The SMILES string of the molecule is O=C(NCc1ccccc1)[C@H](Cc1ccccc1)N(Cc1ccccc1)C(=O)Cc1ccc(Cl)cc1. The van der Waals surface area contributed by atoms with Crippen LogP contribution in [0.25, 0.3) is 0 Å². The smallest absolute Gasteiger partial charge is 0.243 e. The van der Waals surface area contributed by atoms with Gasteiger partial charge in [-0.2, -0.15) is 0 Å². The maximum atomic E-state index is 13.7. The Bertz CT molecular complexity index is 1250. The van der Waals surface area contributed by atoms with Crippen LogP contribution in [0.5, 0.6) is 0 Å². The molecule has 0 spiro atoms. The second kappa shape index (κ2) is 12.7. The van der Waals surface area contributed by atoms with Gasteiger partial charge in [0.25, 0.3) is 0 Å². The summed E-state index contributed by atoms with van der Waals surface area (Å²) >= 11 is 6.04. The van der Waals surface area contributed by atoms with Crippen LogP contribution >= 0.6 is 11.6 Å². The Labute approximate surface area is 217 Å². The van der Waals surface area contributed by atoms with Gasteiger partial charge in [-0.15, -0.1) is 0 Å². The molecular weight excluding hydrogens is 468 g/mol. The average Bonchev–Trinajstić information content (AvgIpc) is 2.92. The van der Waals surface area contributed by atoms with Gasteiger partial charge >= 0.3 is 0 Å². The summed E-state index contributed by atoms with van der Waals surface area (Å²) < 4.78 is 0. The van der Waals surface area contributed by atoms with Crippen LogP contribution in [0.3, 0.4) is 0 Å². The predicted octanol–water partition coefficient (Wildman–Crippen LogP) is 5.84. The third-order valence-corrected chi connectivity index (χ3v) is 6.30. The van der Waals surface area contributed by atoms with Crippen molar-refractivity contribution >= 4 is 23.4 Å². The molecule has 4 aromatic rings. The van der Waals surface area contributed by atoms with Crippen LogP contribution in [0.15, 0.2) is 115 Å². The highest BCUT2D eigenvalue weighted by Crippen LogP contribution is 2.18. The summed E-state index contributed by atoms with van der Waals surface area (Å²) in [5.41, 5.74) is 3.82. The Hall–Kier alpha value is -3.89. The molecule has 2 amide bonds. The molecule has 4 rings (SSSR count). The van der Waals surface area contributed by atoms with Crippen molar-refractivity contribution in [1.82, 2.24) is 10.2 Å². The molecule has 4 aromatic carbocycles. The number of amides is 2. The number of hydrogen-bond acceptors (Lipinski definition) is 2. The molecular formula is C31H29ClN2O2. The summed E-state index contributed by atoms with van der Waals surface area (Å²) in [6, 6.07) is 36.0. The average molecular weight is 497 g/mol. The van der Waals surface area contributed by atoms with Crippen LogP contribution < -0.4 is 5.32 Å². The minimum atomic E-state index is -0.670. The van der Waals surface area contributed by atoms with E-state index in [0.717, 1.165) is 22.3 Å². The fraction of sp³-hybridized carbons (Fsp3) is 0.161. The standard InChI is InChI=1S/C31H29ClN2O2/c32-28-18-16-25(17-19-28)21-30(35)34(23-27-14-8-3-9-15-27)29(20-24-10-4-1-5-11-24)31(36)33-22-26-12-6-2-7-13-26/h1-19,29H,20-23H2,(H,33,36)/t29-/m0/s1. The lowest BCUT2D eigenvalue weighted by Gasteiger charge is -2.31. The van der Waals surface area contributed by atoms with E-state index in [-0.39, 0.29) is 18.2 Å². The van der Waals surface area contributed by atoms with Crippen LogP contribution in [0.1, 0.15) is 22.3 Å². The normalized spacial score (nSPS) is 11.5. The summed E-state index contributed by atoms with van der Waals surface area (Å²) in [4.78, 5) is 29.1. The highest BCUT2D eigenvalue weighted by molar-refractivity contribution is 6.30. The zero-order valence-corrected chi connectivity index (χ0v) is 20.8. The molecule has 0 aliphatic carbocycles. The number of carbonyl (C=O) groups excluding carboxylic acids is 2. The number of nitrogens with zero attached hydrogens (tertiary/aromatic N) is 1. The summed E-state index contributed by atoms with van der Waals surface area (Å²) in [5.74, 6) is -0.292. The lowest BCUT2D eigenvalue weighted by atomic mass is 10.0. The Morgan fingerprint density at radius 1 is 0.667 bits per heavy atom. The van der Waals surface area contributed by atoms with Gasteiger partial charge < -0.3 is 10.2 Å². The van der Waals surface area contributed by atoms with E-state index >= 15 is 0 Å². The van der Waals surface area contributed by atoms with Gasteiger partial charge in [0.2, 0.25) is 11.8 Å². The Kier molecular flexibility index (Phi) is 8.90. The van der Waals surface area contributed by atoms with Crippen molar-refractivity contribution in [2.45, 2.75) is 32.0 Å². The van der Waals surface area contributed by atoms with E-state index in [1.807, 2.05) is 103 Å². The zero-order chi connectivity index (χ0) is 25.2. The Morgan fingerprint density at radius 2 is 1.19 bits per heavy atom. The van der Waals surface area contributed by atoms with E-state index in [0.29, 0.717) is 24.5 Å². The fourth-order valence-electron chi connectivity index (χ4n) is 4.12. The third kappa shape index (κ3) is 7.30. The molecule has 0 aliphatic heterocycles. The van der Waals surface area contributed by atoms with Crippen molar-refractivity contribution in [2.75, 3.05) is 0 Å². The van der Waals surface area contributed by atoms with E-state index < -0.39 is 6.04 Å². The van der Waals surface area contributed by atoms with Crippen molar-refractivity contribution in [2.24, 2.45) is 0 Å². The van der Waals surface area contributed by atoms with Gasteiger partial charge in [-0.1, -0.05) is 115 Å². The molecule has 1 atom stereocenters. The minimum Gasteiger partial charge on any atom is -0.350 e. The third-order valence-electron chi connectivity index (χ3n) is 6.05. The van der Waals surface area contributed by atoms with Crippen molar-refractivity contribution in [1.29, 1.82) is 0 Å². The predicted molar refractivity (Wildman–Crippen MR) is 144 cm³/mol. The van der Waals surface area contributed by atoms with Gasteiger partial charge in [0.1, 0.15) is 6.04 Å².